The fraction of sp³-hybridized carbons (Fsp3) is 0.130. The molecular weight excluding hydrogens is 555 g/mol. The van der Waals surface area contributed by atoms with Crippen molar-refractivity contribution < 1.29 is 32.4 Å². The fourth-order valence-electron chi connectivity index (χ4n) is 3.09. The maximum absolute atomic E-state index is 12.6. The summed E-state index contributed by atoms with van der Waals surface area (Å²) in [6, 6.07) is 16.6. The molecular formula is C23H22K2N4O7S. The van der Waals surface area contributed by atoms with Crippen LogP contribution in [0.2, 0.25) is 0 Å². The first-order valence-electron chi connectivity index (χ1n) is 10.2. The van der Waals surface area contributed by atoms with Crippen molar-refractivity contribution in [2.24, 2.45) is 10.3 Å². The normalized spacial score (nSPS) is 10.7. The first-order valence-corrected chi connectivity index (χ1v) is 11.7. The van der Waals surface area contributed by atoms with E-state index in [-0.39, 0.29) is 132 Å². The average Bonchev–Trinajstić information content (AvgIpc) is 2.84. The molecule has 0 heterocycles. The van der Waals surface area contributed by atoms with Crippen LogP contribution in [-0.4, -0.2) is 146 Å². The number of rotatable bonds is 9. The standard InChI is InChI=1S/C23H22N4O7S.2K/c1-3-27(20-11-10-17(35(31,32)33)14-18(20)23(29)30)26-25-19-13-15(9-12-21(19)34-2)22(28)24-16-7-5-4-6-8-16;;/h4-14H,3H2,1-2H3,(H,24,28)(H,29,30)(H,31,32,33);;. The van der Waals surface area contributed by atoms with Crippen LogP contribution in [0.3, 0.4) is 0 Å². The van der Waals surface area contributed by atoms with Crippen molar-refractivity contribution in [2.75, 3.05) is 24.0 Å². The van der Waals surface area contributed by atoms with Gasteiger partial charge in [-0.1, -0.05) is 23.4 Å². The number of para-hydroxylation sites is 1. The molecule has 14 heteroatoms. The number of ether oxygens (including phenoxy) is 1. The van der Waals surface area contributed by atoms with Crippen LogP contribution in [0.4, 0.5) is 17.1 Å². The molecule has 1 amide bonds. The molecule has 0 saturated heterocycles. The SMILES string of the molecule is CCN(N=Nc1cc(C(=O)Nc2ccccc2)ccc1OC)c1ccc(S(=O)(=O)O)cc1C(=O)O.[K].[K]. The van der Waals surface area contributed by atoms with Crippen LogP contribution >= 0.6 is 0 Å². The van der Waals surface area contributed by atoms with E-state index < -0.39 is 26.5 Å². The van der Waals surface area contributed by atoms with E-state index in [2.05, 4.69) is 15.7 Å². The smallest absolute Gasteiger partial charge is 0.337 e. The van der Waals surface area contributed by atoms with Gasteiger partial charge in [-0.05, 0) is 55.5 Å². The van der Waals surface area contributed by atoms with Gasteiger partial charge in [0, 0.05) is 121 Å². The topological polar surface area (TPSA) is 158 Å². The van der Waals surface area contributed by atoms with Crippen molar-refractivity contribution in [3.05, 3.63) is 77.9 Å². The molecule has 0 fully saturated rings. The minimum Gasteiger partial charge on any atom is -0.494 e. The first kappa shape index (κ1) is 34.0. The third kappa shape index (κ3) is 9.30. The van der Waals surface area contributed by atoms with Crippen molar-refractivity contribution in [3.63, 3.8) is 0 Å². The number of benzene rings is 3. The molecule has 0 spiro atoms. The zero-order chi connectivity index (χ0) is 25.6. The van der Waals surface area contributed by atoms with E-state index in [0.717, 1.165) is 12.1 Å². The second kappa shape index (κ2) is 15.5. The zero-order valence-corrected chi connectivity index (χ0v) is 27.8. The Balaban J connectivity index is 0.00000342. The molecule has 3 aromatic rings. The van der Waals surface area contributed by atoms with Crippen LogP contribution in [-0.2, 0) is 10.1 Å². The first-order chi connectivity index (χ1) is 16.6. The Kier molecular flexibility index (Phi) is 14.3. The molecule has 0 bridgehead atoms. The van der Waals surface area contributed by atoms with Gasteiger partial charge in [-0.3, -0.25) is 9.35 Å². The third-order valence-electron chi connectivity index (χ3n) is 4.81. The number of nitrogens with zero attached hydrogens (tertiary/aromatic N) is 3. The fourth-order valence-corrected chi connectivity index (χ4v) is 3.60. The maximum Gasteiger partial charge on any atom is 0.337 e. The predicted molar refractivity (Wildman–Crippen MR) is 140 cm³/mol. The number of aromatic carboxylic acids is 1. The van der Waals surface area contributed by atoms with Gasteiger partial charge in [0.2, 0.25) is 0 Å². The van der Waals surface area contributed by atoms with Gasteiger partial charge in [-0.25, -0.2) is 9.80 Å². The number of carbonyl (C=O) groups is 2. The number of carboxylic acid groups (broad SMARTS) is 1. The maximum atomic E-state index is 12.6. The molecule has 37 heavy (non-hydrogen) atoms. The monoisotopic (exact) mass is 576 g/mol. The van der Waals surface area contributed by atoms with Gasteiger partial charge in [-0.15, -0.1) is 5.11 Å². The number of anilines is 2. The van der Waals surface area contributed by atoms with Gasteiger partial charge in [0.05, 0.1) is 23.3 Å². The Labute approximate surface area is 299 Å². The van der Waals surface area contributed by atoms with Crippen LogP contribution in [0.15, 0.2) is 82.0 Å². The molecule has 0 unspecified atom stereocenters. The van der Waals surface area contributed by atoms with Gasteiger partial charge in [-0.2, -0.15) is 8.42 Å². The molecule has 0 aliphatic rings. The second-order valence-electron chi connectivity index (χ2n) is 7.07. The van der Waals surface area contributed by atoms with Crippen molar-refractivity contribution in [3.8, 4) is 5.75 Å². The number of hydrogen-bond acceptors (Lipinski definition) is 7. The van der Waals surface area contributed by atoms with Crippen molar-refractivity contribution >= 4 is 142 Å². The van der Waals surface area contributed by atoms with E-state index in [9.17, 15) is 27.7 Å². The average molecular weight is 577 g/mol. The van der Waals surface area contributed by atoms with E-state index in [1.54, 1.807) is 43.3 Å². The summed E-state index contributed by atoms with van der Waals surface area (Å²) < 4.78 is 37.3. The Hall–Kier alpha value is -1.02. The summed E-state index contributed by atoms with van der Waals surface area (Å²) in [4.78, 5) is 23.8. The molecule has 3 N–H and O–H groups in total. The molecule has 3 rings (SSSR count). The Morgan fingerprint density at radius 1 is 1.03 bits per heavy atom. The van der Waals surface area contributed by atoms with Crippen LogP contribution in [0.25, 0.3) is 0 Å². The number of nitrogens with one attached hydrogen (secondary N) is 1. The van der Waals surface area contributed by atoms with E-state index in [0.29, 0.717) is 11.4 Å². The van der Waals surface area contributed by atoms with Crippen molar-refractivity contribution in [1.82, 2.24) is 0 Å². The molecule has 0 aromatic heterocycles. The molecule has 0 aliphatic heterocycles. The van der Waals surface area contributed by atoms with E-state index in [1.807, 2.05) is 6.07 Å². The second-order valence-corrected chi connectivity index (χ2v) is 8.49. The van der Waals surface area contributed by atoms with Crippen LogP contribution in [0.1, 0.15) is 27.6 Å². The third-order valence-corrected chi connectivity index (χ3v) is 5.66. The van der Waals surface area contributed by atoms with E-state index in [1.165, 1.54) is 24.3 Å². The number of carbonyl (C=O) groups excluding carboxylic acids is 1. The summed E-state index contributed by atoms with van der Waals surface area (Å²) in [5, 5.41) is 21.8. The summed E-state index contributed by atoms with van der Waals surface area (Å²) in [5.74, 6) is -1.48. The number of methoxy groups -OCH3 is 1. The minimum atomic E-state index is -4.60. The van der Waals surface area contributed by atoms with E-state index in [4.69, 9.17) is 4.74 Å². The zero-order valence-electron chi connectivity index (χ0n) is 20.7. The number of amides is 1. The predicted octanol–water partition coefficient (Wildman–Crippen LogP) is 3.66. The molecule has 0 atom stereocenters. The van der Waals surface area contributed by atoms with E-state index >= 15 is 0 Å². The van der Waals surface area contributed by atoms with Crippen molar-refractivity contribution in [1.29, 1.82) is 0 Å². The van der Waals surface area contributed by atoms with Crippen molar-refractivity contribution in [2.45, 2.75) is 11.8 Å². The Morgan fingerprint density at radius 3 is 2.27 bits per heavy atom. The molecule has 0 saturated carbocycles. The van der Waals surface area contributed by atoms with Gasteiger partial charge < -0.3 is 15.2 Å². The summed E-state index contributed by atoms with van der Waals surface area (Å²) in [7, 11) is -3.18. The van der Waals surface area contributed by atoms with Crippen LogP contribution in [0.5, 0.6) is 5.75 Å². The molecule has 2 radical (unpaired) electrons. The molecule has 184 valence electrons. The summed E-state index contributed by atoms with van der Waals surface area (Å²) in [5.41, 5.74) is 0.758. The summed E-state index contributed by atoms with van der Waals surface area (Å²) >= 11 is 0. The van der Waals surface area contributed by atoms with Gasteiger partial charge in [0.25, 0.3) is 16.0 Å². The van der Waals surface area contributed by atoms with Gasteiger partial charge in [0.15, 0.2) is 0 Å². The molecule has 0 aliphatic carbocycles. The van der Waals surface area contributed by atoms with Crippen LogP contribution in [0, 0.1) is 0 Å². The quantitative estimate of drug-likeness (QED) is 0.151. The Bertz CT molecular complexity index is 1390. The largest absolute Gasteiger partial charge is 0.494 e. The molecule has 3 aromatic carbocycles. The molecule has 11 nitrogen and oxygen atoms in total. The number of carboxylic acids is 1. The number of hydrogen-bond donors (Lipinski definition) is 3. The van der Waals surface area contributed by atoms with Crippen LogP contribution < -0.4 is 15.1 Å². The summed E-state index contributed by atoms with van der Waals surface area (Å²) in [6.45, 7) is 1.85. The minimum absolute atomic E-state index is 0. The van der Waals surface area contributed by atoms with Gasteiger partial charge >= 0.3 is 5.97 Å². The summed E-state index contributed by atoms with van der Waals surface area (Å²) in [6.07, 6.45) is 0. The Morgan fingerprint density at radius 2 is 1.70 bits per heavy atom. The van der Waals surface area contributed by atoms with Gasteiger partial charge in [0.1, 0.15) is 11.4 Å².